The first-order valence-corrected chi connectivity index (χ1v) is 12.5. The van der Waals surface area contributed by atoms with Crippen LogP contribution < -0.4 is 10.1 Å². The smallest absolute Gasteiger partial charge is 0.316 e. The van der Waals surface area contributed by atoms with Crippen LogP contribution in [-0.2, 0) is 17.8 Å². The van der Waals surface area contributed by atoms with E-state index in [1.54, 1.807) is 0 Å². The lowest BCUT2D eigenvalue weighted by atomic mass is 9.89. The van der Waals surface area contributed by atoms with Gasteiger partial charge in [-0.2, -0.15) is 0 Å². The molecule has 174 valence electrons. The van der Waals surface area contributed by atoms with Gasteiger partial charge in [0.15, 0.2) is 0 Å². The first kappa shape index (κ1) is 23.0. The second-order valence-corrected chi connectivity index (χ2v) is 9.57. The van der Waals surface area contributed by atoms with Crippen molar-refractivity contribution in [3.63, 3.8) is 0 Å². The molecule has 0 bridgehead atoms. The van der Waals surface area contributed by atoms with Gasteiger partial charge in [-0.3, -0.25) is 0 Å². The number of aromatic nitrogens is 2. The van der Waals surface area contributed by atoms with Crippen LogP contribution in [0.5, 0.6) is 6.01 Å². The maximum Gasteiger partial charge on any atom is 0.316 e. The maximum absolute atomic E-state index is 6.38. The van der Waals surface area contributed by atoms with Gasteiger partial charge in [-0.25, -0.2) is 9.97 Å². The molecule has 1 aliphatic rings. The molecule has 1 N–H and O–H groups in total. The summed E-state index contributed by atoms with van der Waals surface area (Å²) in [4.78, 5) is 8.94. The quantitative estimate of drug-likeness (QED) is 0.326. The van der Waals surface area contributed by atoms with Crippen molar-refractivity contribution in [2.45, 2.75) is 31.5 Å². The predicted molar refractivity (Wildman–Crippen MR) is 138 cm³/mol. The van der Waals surface area contributed by atoms with Gasteiger partial charge in [0.25, 0.3) is 0 Å². The molecule has 0 saturated carbocycles. The third-order valence-corrected chi connectivity index (χ3v) is 6.84. The van der Waals surface area contributed by atoms with Crippen molar-refractivity contribution in [3.8, 4) is 6.01 Å². The fourth-order valence-electron chi connectivity index (χ4n) is 4.42. The van der Waals surface area contributed by atoms with Gasteiger partial charge in [-0.05, 0) is 58.6 Å². The van der Waals surface area contributed by atoms with E-state index in [1.807, 2.05) is 24.5 Å². The predicted octanol–water partition coefficient (Wildman–Crippen LogP) is 5.68. The van der Waals surface area contributed by atoms with Gasteiger partial charge in [0.2, 0.25) is 0 Å². The summed E-state index contributed by atoms with van der Waals surface area (Å²) in [7, 11) is 0. The highest BCUT2D eigenvalue weighted by Crippen LogP contribution is 2.28. The Hall–Kier alpha value is -2.80. The van der Waals surface area contributed by atoms with Crippen LogP contribution in [0, 0.1) is 0 Å². The fourth-order valence-corrected chi connectivity index (χ4v) is 4.69. The van der Waals surface area contributed by atoms with Crippen LogP contribution in [0.4, 0.5) is 0 Å². The Morgan fingerprint density at radius 2 is 1.68 bits per heavy atom. The van der Waals surface area contributed by atoms with E-state index in [0.29, 0.717) is 19.2 Å². The molecule has 1 aromatic heterocycles. The number of hydrogen-bond acceptors (Lipinski definition) is 5. The maximum atomic E-state index is 6.38. The molecule has 0 spiro atoms. The Labute approximate surface area is 208 Å². The Bertz CT molecular complexity index is 1210. The summed E-state index contributed by atoms with van der Waals surface area (Å²) in [6.45, 7) is 2.92. The van der Waals surface area contributed by atoms with Crippen LogP contribution in [0.1, 0.15) is 29.0 Å². The molecule has 1 saturated heterocycles. The summed E-state index contributed by atoms with van der Waals surface area (Å²) in [5.74, 6) is 0.263. The molecule has 1 aliphatic heterocycles. The number of nitrogens with zero attached hydrogens (tertiary/aromatic N) is 2. The zero-order valence-electron chi connectivity index (χ0n) is 19.0. The Morgan fingerprint density at radius 1 is 0.912 bits per heavy atom. The van der Waals surface area contributed by atoms with Crippen molar-refractivity contribution in [2.24, 2.45) is 0 Å². The summed E-state index contributed by atoms with van der Waals surface area (Å²) in [6, 6.07) is 23.6. The van der Waals surface area contributed by atoms with Crippen LogP contribution in [0.15, 0.2) is 83.6 Å². The number of ether oxygens (including phenoxy) is 2. The molecular weight excluding hydrogens is 490 g/mol. The van der Waals surface area contributed by atoms with Gasteiger partial charge in [-0.1, -0.05) is 64.5 Å². The number of hydrogen-bond donors (Lipinski definition) is 1. The highest BCUT2D eigenvalue weighted by Gasteiger charge is 2.28. The molecule has 4 aromatic rings. The zero-order chi connectivity index (χ0) is 23.2. The lowest BCUT2D eigenvalue weighted by Gasteiger charge is -2.32. The van der Waals surface area contributed by atoms with E-state index < -0.39 is 0 Å². The van der Waals surface area contributed by atoms with Gasteiger partial charge in [0, 0.05) is 35.7 Å². The molecule has 0 radical (unpaired) electrons. The number of benzene rings is 3. The topological polar surface area (TPSA) is 56.3 Å². The number of halogens is 1. The van der Waals surface area contributed by atoms with Crippen LogP contribution in [0.25, 0.3) is 10.8 Å². The van der Waals surface area contributed by atoms with E-state index in [9.17, 15) is 0 Å². The van der Waals surface area contributed by atoms with Crippen LogP contribution in [0.3, 0.4) is 0 Å². The van der Waals surface area contributed by atoms with E-state index in [1.165, 1.54) is 21.9 Å². The highest BCUT2D eigenvalue weighted by molar-refractivity contribution is 9.10. The molecule has 6 heteroatoms. The van der Waals surface area contributed by atoms with Gasteiger partial charge >= 0.3 is 6.01 Å². The van der Waals surface area contributed by atoms with E-state index in [2.05, 4.69) is 85.8 Å². The Morgan fingerprint density at radius 3 is 2.50 bits per heavy atom. The SMILES string of the molecule is Brc1ccc(CCOc2ncc(C3CCNCC3OCc3ccc4ccccc4c3)cn2)cc1. The second kappa shape index (κ2) is 11.1. The molecule has 5 rings (SSSR count). The summed E-state index contributed by atoms with van der Waals surface area (Å²) in [6.07, 6.45) is 5.68. The van der Waals surface area contributed by atoms with Crippen LogP contribution in [-0.4, -0.2) is 35.8 Å². The molecule has 3 aromatic carbocycles. The van der Waals surface area contributed by atoms with E-state index >= 15 is 0 Å². The monoisotopic (exact) mass is 517 g/mol. The van der Waals surface area contributed by atoms with Gasteiger partial charge < -0.3 is 14.8 Å². The van der Waals surface area contributed by atoms with Gasteiger partial charge in [0.1, 0.15) is 0 Å². The summed E-state index contributed by atoms with van der Waals surface area (Å²) >= 11 is 3.46. The largest absolute Gasteiger partial charge is 0.463 e. The molecule has 2 unspecified atom stereocenters. The number of fused-ring (bicyclic) bond motifs is 1. The molecule has 1 fully saturated rings. The zero-order valence-corrected chi connectivity index (χ0v) is 20.6. The third kappa shape index (κ3) is 5.81. The van der Waals surface area contributed by atoms with Crippen LogP contribution in [0.2, 0.25) is 0 Å². The van der Waals surface area contributed by atoms with E-state index in [-0.39, 0.29) is 12.0 Å². The molecular formula is C28H28BrN3O2. The van der Waals surface area contributed by atoms with E-state index in [4.69, 9.17) is 9.47 Å². The van der Waals surface area contributed by atoms with Crippen molar-refractivity contribution in [1.29, 1.82) is 0 Å². The summed E-state index contributed by atoms with van der Waals surface area (Å²) in [5, 5.41) is 5.96. The minimum absolute atomic E-state index is 0.0768. The van der Waals surface area contributed by atoms with Crippen molar-refractivity contribution in [1.82, 2.24) is 15.3 Å². The normalized spacial score (nSPS) is 18.1. The molecule has 34 heavy (non-hydrogen) atoms. The number of nitrogens with one attached hydrogen (secondary N) is 1. The Balaban J connectivity index is 1.17. The lowest BCUT2D eigenvalue weighted by Crippen LogP contribution is -2.41. The molecule has 2 atom stereocenters. The van der Waals surface area contributed by atoms with E-state index in [0.717, 1.165) is 36.0 Å². The average Bonchev–Trinajstić information content (AvgIpc) is 2.89. The standard InChI is InChI=1S/C28H28BrN3O2/c29-25-9-6-20(7-10-25)12-14-33-28-31-16-24(17-32-28)26-11-13-30-18-27(26)34-19-21-5-8-22-3-1-2-4-23(22)15-21/h1-10,15-17,26-27,30H,11-14,18-19H2. The number of rotatable bonds is 8. The Kier molecular flexibility index (Phi) is 7.49. The second-order valence-electron chi connectivity index (χ2n) is 8.65. The van der Waals surface area contributed by atoms with Crippen LogP contribution >= 0.6 is 15.9 Å². The minimum atomic E-state index is 0.0768. The van der Waals surface area contributed by atoms with Crippen molar-refractivity contribution >= 4 is 26.7 Å². The van der Waals surface area contributed by atoms with Gasteiger partial charge in [0.05, 0.1) is 19.3 Å². The van der Waals surface area contributed by atoms with Gasteiger partial charge in [-0.15, -0.1) is 0 Å². The molecule has 2 heterocycles. The van der Waals surface area contributed by atoms with Crippen molar-refractivity contribution < 1.29 is 9.47 Å². The highest BCUT2D eigenvalue weighted by atomic mass is 79.9. The average molecular weight is 518 g/mol. The third-order valence-electron chi connectivity index (χ3n) is 6.32. The first-order chi connectivity index (χ1) is 16.7. The summed E-state index contributed by atoms with van der Waals surface area (Å²) < 4.78 is 13.2. The van der Waals surface area contributed by atoms with Crippen molar-refractivity contribution in [3.05, 3.63) is 100 Å². The molecule has 0 amide bonds. The summed E-state index contributed by atoms with van der Waals surface area (Å²) in [5.41, 5.74) is 3.51. The van der Waals surface area contributed by atoms with Crippen molar-refractivity contribution in [2.75, 3.05) is 19.7 Å². The number of piperidine rings is 1. The minimum Gasteiger partial charge on any atom is -0.463 e. The molecule has 5 nitrogen and oxygen atoms in total. The fraction of sp³-hybridized carbons (Fsp3) is 0.286. The molecule has 0 aliphatic carbocycles. The lowest BCUT2D eigenvalue weighted by molar-refractivity contribution is 0.0105. The first-order valence-electron chi connectivity index (χ1n) is 11.7.